The Kier molecular flexibility index (Phi) is 6.94. The molecular formula is C30H26N2O4. The fraction of sp³-hybridized carbons (Fsp3) is 0.133. The van der Waals surface area contributed by atoms with Crippen LogP contribution in [0.1, 0.15) is 28.4 Å². The first kappa shape index (κ1) is 23.2. The van der Waals surface area contributed by atoms with E-state index >= 15 is 0 Å². The number of carbonyl (C=O) groups is 1. The minimum atomic E-state index is -0.284. The minimum absolute atomic E-state index is 0.284. The van der Waals surface area contributed by atoms with Gasteiger partial charge in [-0.25, -0.2) is 5.43 Å². The van der Waals surface area contributed by atoms with Gasteiger partial charge >= 0.3 is 0 Å². The van der Waals surface area contributed by atoms with Crippen LogP contribution in [0.15, 0.2) is 102 Å². The molecule has 0 saturated carbocycles. The molecule has 1 aliphatic heterocycles. The molecule has 0 spiro atoms. The molecule has 6 nitrogen and oxygen atoms in total. The van der Waals surface area contributed by atoms with Gasteiger partial charge in [0.05, 0.1) is 5.71 Å². The smallest absolute Gasteiger partial charge is 0.271 e. The van der Waals surface area contributed by atoms with Gasteiger partial charge in [-0.1, -0.05) is 60.7 Å². The number of hydrogen-bond acceptors (Lipinski definition) is 5. The summed E-state index contributed by atoms with van der Waals surface area (Å²) < 4.78 is 17.3. The molecular weight excluding hydrogens is 452 g/mol. The van der Waals surface area contributed by atoms with Crippen molar-refractivity contribution in [1.82, 2.24) is 5.43 Å². The van der Waals surface area contributed by atoms with E-state index in [1.165, 1.54) is 0 Å². The third kappa shape index (κ3) is 5.39. The largest absolute Gasteiger partial charge is 0.488 e. The van der Waals surface area contributed by atoms with E-state index in [9.17, 15) is 4.79 Å². The minimum Gasteiger partial charge on any atom is -0.488 e. The summed E-state index contributed by atoms with van der Waals surface area (Å²) in [7, 11) is 0. The number of hydrogen-bond donors (Lipinski definition) is 1. The summed E-state index contributed by atoms with van der Waals surface area (Å²) >= 11 is 0. The topological polar surface area (TPSA) is 69.2 Å². The normalized spacial score (nSPS) is 12.6. The lowest BCUT2D eigenvalue weighted by Crippen LogP contribution is -2.19. The van der Waals surface area contributed by atoms with Crippen molar-refractivity contribution < 1.29 is 19.0 Å². The zero-order chi connectivity index (χ0) is 24.7. The highest BCUT2D eigenvalue weighted by Gasteiger charge is 2.13. The Morgan fingerprint density at radius 1 is 0.833 bits per heavy atom. The van der Waals surface area contributed by atoms with E-state index in [1.54, 1.807) is 12.1 Å². The van der Waals surface area contributed by atoms with Crippen LogP contribution in [0.25, 0.3) is 11.1 Å². The van der Waals surface area contributed by atoms with Crippen LogP contribution in [0.2, 0.25) is 0 Å². The van der Waals surface area contributed by atoms with Gasteiger partial charge in [0.15, 0.2) is 11.5 Å². The second kappa shape index (κ2) is 10.8. The van der Waals surface area contributed by atoms with Crippen LogP contribution in [0, 0.1) is 0 Å². The molecule has 0 aliphatic carbocycles. The Hall–Kier alpha value is -4.58. The molecule has 0 atom stereocenters. The molecule has 0 fully saturated rings. The highest BCUT2D eigenvalue weighted by atomic mass is 16.6. The zero-order valence-electron chi connectivity index (χ0n) is 19.9. The van der Waals surface area contributed by atoms with Crippen molar-refractivity contribution >= 4 is 11.6 Å². The average molecular weight is 479 g/mol. The summed E-state index contributed by atoms with van der Waals surface area (Å²) in [5.41, 5.74) is 7.77. The maximum Gasteiger partial charge on any atom is 0.271 e. The summed E-state index contributed by atoms with van der Waals surface area (Å²) in [6.45, 7) is 3.29. The Morgan fingerprint density at radius 2 is 1.53 bits per heavy atom. The predicted molar refractivity (Wildman–Crippen MR) is 140 cm³/mol. The number of rotatable bonds is 7. The van der Waals surface area contributed by atoms with E-state index in [2.05, 4.69) is 22.7 Å². The van der Waals surface area contributed by atoms with Crippen molar-refractivity contribution in [3.63, 3.8) is 0 Å². The molecule has 36 heavy (non-hydrogen) atoms. The van der Waals surface area contributed by atoms with E-state index < -0.39 is 0 Å². The lowest BCUT2D eigenvalue weighted by Gasteiger charge is -2.18. The molecule has 6 heteroatoms. The molecule has 1 aliphatic rings. The molecule has 0 unspecified atom stereocenters. The molecule has 180 valence electrons. The molecule has 0 aromatic heterocycles. The van der Waals surface area contributed by atoms with Crippen LogP contribution < -0.4 is 19.6 Å². The highest BCUT2D eigenvalue weighted by molar-refractivity contribution is 6.01. The van der Waals surface area contributed by atoms with E-state index in [-0.39, 0.29) is 5.91 Å². The van der Waals surface area contributed by atoms with E-state index in [0.29, 0.717) is 36.8 Å². The maximum absolute atomic E-state index is 12.6. The van der Waals surface area contributed by atoms with Crippen molar-refractivity contribution in [2.45, 2.75) is 13.5 Å². The van der Waals surface area contributed by atoms with Crippen LogP contribution in [0.3, 0.4) is 0 Å². The van der Waals surface area contributed by atoms with Crippen molar-refractivity contribution in [3.05, 3.63) is 114 Å². The zero-order valence-corrected chi connectivity index (χ0v) is 19.9. The van der Waals surface area contributed by atoms with Crippen LogP contribution in [-0.2, 0) is 6.61 Å². The van der Waals surface area contributed by atoms with Crippen LogP contribution in [0.4, 0.5) is 0 Å². The van der Waals surface area contributed by atoms with Gasteiger partial charge in [0.25, 0.3) is 5.91 Å². The molecule has 1 heterocycles. The van der Waals surface area contributed by atoms with Crippen molar-refractivity contribution in [2.24, 2.45) is 5.10 Å². The third-order valence-corrected chi connectivity index (χ3v) is 5.87. The first-order valence-electron chi connectivity index (χ1n) is 11.8. The average Bonchev–Trinajstić information content (AvgIpc) is 2.95. The maximum atomic E-state index is 12.6. The molecule has 1 amide bonds. The number of nitrogens with zero attached hydrogens (tertiary/aromatic N) is 1. The highest BCUT2D eigenvalue weighted by Crippen LogP contribution is 2.31. The Labute approximate surface area is 210 Å². The molecule has 5 rings (SSSR count). The summed E-state index contributed by atoms with van der Waals surface area (Å²) in [6.07, 6.45) is 0. The number of amides is 1. The van der Waals surface area contributed by atoms with Gasteiger partial charge < -0.3 is 14.2 Å². The summed E-state index contributed by atoms with van der Waals surface area (Å²) in [6, 6.07) is 31.0. The van der Waals surface area contributed by atoms with Crippen molar-refractivity contribution in [1.29, 1.82) is 0 Å². The molecule has 0 saturated heterocycles. The fourth-order valence-corrected chi connectivity index (χ4v) is 3.89. The second-order valence-corrected chi connectivity index (χ2v) is 8.34. The summed E-state index contributed by atoms with van der Waals surface area (Å²) in [4.78, 5) is 12.6. The molecule has 4 aromatic carbocycles. The summed E-state index contributed by atoms with van der Waals surface area (Å²) in [5.74, 6) is 1.93. The van der Waals surface area contributed by atoms with Gasteiger partial charge in [0.1, 0.15) is 25.6 Å². The van der Waals surface area contributed by atoms with Gasteiger partial charge in [-0.2, -0.15) is 5.10 Å². The summed E-state index contributed by atoms with van der Waals surface area (Å²) in [5, 5.41) is 4.25. The van der Waals surface area contributed by atoms with E-state index in [0.717, 1.165) is 33.8 Å². The fourth-order valence-electron chi connectivity index (χ4n) is 3.89. The van der Waals surface area contributed by atoms with Gasteiger partial charge in [-0.15, -0.1) is 0 Å². The number of fused-ring (bicyclic) bond motifs is 1. The van der Waals surface area contributed by atoms with Crippen molar-refractivity contribution in [3.8, 4) is 28.4 Å². The number of para-hydroxylation sites is 1. The predicted octanol–water partition coefficient (Wildman–Crippen LogP) is 5.86. The first-order chi connectivity index (χ1) is 17.7. The van der Waals surface area contributed by atoms with E-state index in [4.69, 9.17) is 14.2 Å². The van der Waals surface area contributed by atoms with Gasteiger partial charge in [-0.3, -0.25) is 4.79 Å². The number of carbonyl (C=O) groups excluding carboxylic acids is 1. The Balaban J connectivity index is 1.20. The molecule has 0 radical (unpaired) electrons. The SMILES string of the molecule is CC(=NNC(=O)c1ccc(COc2ccccc2-c2ccccc2)cc1)c1ccc2c(c1)OCCO2. The van der Waals surface area contributed by atoms with Crippen LogP contribution >= 0.6 is 0 Å². The second-order valence-electron chi connectivity index (χ2n) is 8.34. The van der Waals surface area contributed by atoms with Gasteiger partial charge in [0.2, 0.25) is 0 Å². The third-order valence-electron chi connectivity index (χ3n) is 5.87. The Bertz CT molecular complexity index is 1380. The van der Waals surface area contributed by atoms with Gasteiger partial charge in [0, 0.05) is 16.7 Å². The number of ether oxygens (including phenoxy) is 3. The first-order valence-corrected chi connectivity index (χ1v) is 11.8. The van der Waals surface area contributed by atoms with Crippen LogP contribution in [-0.4, -0.2) is 24.8 Å². The number of nitrogens with one attached hydrogen (secondary N) is 1. The lowest BCUT2D eigenvalue weighted by atomic mass is 10.0. The lowest BCUT2D eigenvalue weighted by molar-refractivity contribution is 0.0954. The standard InChI is InChI=1S/C30H26N2O4/c1-21(25-15-16-28-29(19-25)35-18-17-34-28)31-32-30(33)24-13-11-22(12-14-24)20-36-27-10-6-5-9-26(27)23-7-3-2-4-8-23/h2-16,19H,17-18,20H2,1H3,(H,32,33). The van der Waals surface area contributed by atoms with Crippen molar-refractivity contribution in [2.75, 3.05) is 13.2 Å². The molecule has 4 aromatic rings. The van der Waals surface area contributed by atoms with Gasteiger partial charge in [-0.05, 0) is 54.4 Å². The number of benzene rings is 4. The quantitative estimate of drug-likeness (QED) is 0.267. The van der Waals surface area contributed by atoms with Crippen LogP contribution in [0.5, 0.6) is 17.2 Å². The number of hydrazone groups is 1. The molecule has 0 bridgehead atoms. The monoisotopic (exact) mass is 478 g/mol. The van der Waals surface area contributed by atoms with E-state index in [1.807, 2.05) is 79.7 Å². The molecule has 1 N–H and O–H groups in total. The Morgan fingerprint density at radius 3 is 2.33 bits per heavy atom.